The second-order valence-electron chi connectivity index (χ2n) is 4.07. The highest BCUT2D eigenvalue weighted by atomic mass is 32.1. The SMILES string of the molecule is CC(CNC(=O)Nc1sccc1C(=O)O)c1nccs1. The molecular weight excluding hydrogens is 298 g/mol. The summed E-state index contributed by atoms with van der Waals surface area (Å²) in [6, 6.07) is 1.04. The lowest BCUT2D eigenvalue weighted by molar-refractivity contribution is 0.0698. The van der Waals surface area contributed by atoms with Crippen LogP contribution < -0.4 is 10.6 Å². The van der Waals surface area contributed by atoms with Crippen LogP contribution in [0.4, 0.5) is 9.80 Å². The number of carbonyl (C=O) groups is 2. The highest BCUT2D eigenvalue weighted by Gasteiger charge is 2.15. The molecule has 0 bridgehead atoms. The zero-order valence-electron chi connectivity index (χ0n) is 10.6. The predicted molar refractivity (Wildman–Crippen MR) is 78.8 cm³/mol. The van der Waals surface area contributed by atoms with E-state index in [0.29, 0.717) is 11.5 Å². The number of nitrogens with one attached hydrogen (secondary N) is 2. The largest absolute Gasteiger partial charge is 0.478 e. The van der Waals surface area contributed by atoms with Crippen molar-refractivity contribution >= 4 is 39.7 Å². The molecule has 2 amide bonds. The minimum absolute atomic E-state index is 0.0955. The number of anilines is 1. The summed E-state index contributed by atoms with van der Waals surface area (Å²) in [5.74, 6) is -0.944. The van der Waals surface area contributed by atoms with Crippen molar-refractivity contribution in [2.45, 2.75) is 12.8 Å². The van der Waals surface area contributed by atoms with E-state index >= 15 is 0 Å². The summed E-state index contributed by atoms with van der Waals surface area (Å²) in [6.45, 7) is 2.40. The Morgan fingerprint density at radius 2 is 2.20 bits per heavy atom. The van der Waals surface area contributed by atoms with Gasteiger partial charge in [0.1, 0.15) is 5.00 Å². The zero-order chi connectivity index (χ0) is 14.5. The van der Waals surface area contributed by atoms with Gasteiger partial charge in [-0.2, -0.15) is 0 Å². The van der Waals surface area contributed by atoms with E-state index in [1.807, 2.05) is 12.3 Å². The van der Waals surface area contributed by atoms with E-state index in [2.05, 4.69) is 15.6 Å². The molecule has 0 aromatic carbocycles. The molecule has 0 saturated carbocycles. The Bertz CT molecular complexity index is 595. The maximum absolute atomic E-state index is 11.7. The van der Waals surface area contributed by atoms with Gasteiger partial charge in [-0.05, 0) is 11.4 Å². The number of hydrogen-bond acceptors (Lipinski definition) is 5. The van der Waals surface area contributed by atoms with Gasteiger partial charge in [0.25, 0.3) is 0 Å². The van der Waals surface area contributed by atoms with E-state index < -0.39 is 12.0 Å². The highest BCUT2D eigenvalue weighted by molar-refractivity contribution is 7.14. The topological polar surface area (TPSA) is 91.3 Å². The number of aromatic carboxylic acids is 1. The Balaban J connectivity index is 1.87. The fourth-order valence-electron chi connectivity index (χ4n) is 1.53. The summed E-state index contributed by atoms with van der Waals surface area (Å²) in [5.41, 5.74) is 0.0955. The molecule has 0 radical (unpaired) electrons. The lowest BCUT2D eigenvalue weighted by atomic mass is 10.2. The van der Waals surface area contributed by atoms with Crippen LogP contribution >= 0.6 is 22.7 Å². The Morgan fingerprint density at radius 1 is 1.40 bits per heavy atom. The molecule has 1 unspecified atom stereocenters. The number of thiophene rings is 1. The van der Waals surface area contributed by atoms with Gasteiger partial charge in [0.2, 0.25) is 0 Å². The number of urea groups is 1. The molecule has 2 heterocycles. The summed E-state index contributed by atoms with van der Waals surface area (Å²) in [4.78, 5) is 26.8. The molecular formula is C12H13N3O3S2. The van der Waals surface area contributed by atoms with Gasteiger partial charge in [-0.25, -0.2) is 14.6 Å². The van der Waals surface area contributed by atoms with Crippen LogP contribution in [0.25, 0.3) is 0 Å². The Hall–Kier alpha value is -1.93. The van der Waals surface area contributed by atoms with Gasteiger partial charge < -0.3 is 10.4 Å². The molecule has 0 aliphatic carbocycles. The molecule has 0 aliphatic heterocycles. The van der Waals surface area contributed by atoms with Gasteiger partial charge in [-0.1, -0.05) is 6.92 Å². The van der Waals surface area contributed by atoms with Crippen LogP contribution in [-0.2, 0) is 0 Å². The molecule has 0 fully saturated rings. The van der Waals surface area contributed by atoms with Crippen molar-refractivity contribution in [3.8, 4) is 0 Å². The monoisotopic (exact) mass is 311 g/mol. The average molecular weight is 311 g/mol. The molecule has 20 heavy (non-hydrogen) atoms. The van der Waals surface area contributed by atoms with Crippen LogP contribution in [0.15, 0.2) is 23.0 Å². The third-order valence-electron chi connectivity index (χ3n) is 2.56. The minimum atomic E-state index is -1.06. The fourth-order valence-corrected chi connectivity index (χ4v) is 3.01. The third kappa shape index (κ3) is 3.55. The van der Waals surface area contributed by atoms with Crippen molar-refractivity contribution in [2.24, 2.45) is 0 Å². The molecule has 3 N–H and O–H groups in total. The molecule has 2 rings (SSSR count). The van der Waals surface area contributed by atoms with Crippen molar-refractivity contribution in [3.05, 3.63) is 33.6 Å². The number of amides is 2. The van der Waals surface area contributed by atoms with Crippen LogP contribution in [0.3, 0.4) is 0 Å². The Morgan fingerprint density at radius 3 is 2.85 bits per heavy atom. The van der Waals surface area contributed by atoms with Crippen molar-refractivity contribution in [2.75, 3.05) is 11.9 Å². The predicted octanol–water partition coefficient (Wildman–Crippen LogP) is 2.83. The van der Waals surface area contributed by atoms with Crippen LogP contribution in [0.5, 0.6) is 0 Å². The van der Waals surface area contributed by atoms with Gasteiger partial charge >= 0.3 is 12.0 Å². The third-order valence-corrected chi connectivity index (χ3v) is 4.40. The van der Waals surface area contributed by atoms with Crippen LogP contribution in [-0.4, -0.2) is 28.6 Å². The first kappa shape index (κ1) is 14.5. The minimum Gasteiger partial charge on any atom is -0.478 e. The number of carboxylic acids is 1. The van der Waals surface area contributed by atoms with Crippen molar-refractivity contribution in [1.82, 2.24) is 10.3 Å². The standard InChI is InChI=1S/C12H13N3O3S2/c1-7(9-13-3-5-20-9)6-14-12(18)15-10-8(11(16)17)2-4-19-10/h2-5,7H,6H2,1H3,(H,16,17)(H2,14,15,18). The van der Waals surface area contributed by atoms with Crippen molar-refractivity contribution < 1.29 is 14.7 Å². The zero-order valence-corrected chi connectivity index (χ0v) is 12.3. The molecule has 2 aromatic rings. The first-order valence-electron chi connectivity index (χ1n) is 5.83. The summed E-state index contributed by atoms with van der Waals surface area (Å²) in [5, 5.41) is 19.0. The van der Waals surface area contributed by atoms with Gasteiger partial charge in [0.05, 0.1) is 10.6 Å². The van der Waals surface area contributed by atoms with E-state index in [1.54, 1.807) is 11.6 Å². The Kier molecular flexibility index (Phi) is 4.70. The van der Waals surface area contributed by atoms with E-state index in [0.717, 1.165) is 5.01 Å². The van der Waals surface area contributed by atoms with Gasteiger partial charge in [0.15, 0.2) is 0 Å². The molecule has 0 spiro atoms. The molecule has 1 atom stereocenters. The van der Waals surface area contributed by atoms with Crippen LogP contribution in [0.1, 0.15) is 28.2 Å². The summed E-state index contributed by atoms with van der Waals surface area (Å²) < 4.78 is 0. The number of hydrogen-bond donors (Lipinski definition) is 3. The lowest BCUT2D eigenvalue weighted by Gasteiger charge is -2.10. The molecule has 6 nitrogen and oxygen atoms in total. The Labute approximate surface area is 123 Å². The first-order valence-corrected chi connectivity index (χ1v) is 7.59. The molecule has 106 valence electrons. The van der Waals surface area contributed by atoms with E-state index in [9.17, 15) is 9.59 Å². The summed E-state index contributed by atoms with van der Waals surface area (Å²) in [6.07, 6.45) is 1.72. The molecule has 2 aromatic heterocycles. The van der Waals surface area contributed by atoms with Crippen LogP contribution in [0, 0.1) is 0 Å². The number of nitrogens with zero attached hydrogens (tertiary/aromatic N) is 1. The number of rotatable bonds is 5. The van der Waals surface area contributed by atoms with Crippen molar-refractivity contribution in [1.29, 1.82) is 0 Å². The molecule has 8 heteroatoms. The van der Waals surface area contributed by atoms with Gasteiger partial charge in [-0.3, -0.25) is 5.32 Å². The van der Waals surface area contributed by atoms with Crippen LogP contribution in [0.2, 0.25) is 0 Å². The number of carboxylic acid groups (broad SMARTS) is 1. The highest BCUT2D eigenvalue weighted by Crippen LogP contribution is 2.23. The number of carbonyl (C=O) groups excluding carboxylic acids is 1. The van der Waals surface area contributed by atoms with E-state index in [4.69, 9.17) is 5.11 Å². The lowest BCUT2D eigenvalue weighted by Crippen LogP contribution is -2.31. The quantitative estimate of drug-likeness (QED) is 0.792. The van der Waals surface area contributed by atoms with E-state index in [-0.39, 0.29) is 11.5 Å². The molecule has 0 aliphatic rings. The molecule has 0 saturated heterocycles. The smallest absolute Gasteiger partial charge is 0.338 e. The second kappa shape index (κ2) is 6.49. The summed E-state index contributed by atoms with van der Waals surface area (Å²) >= 11 is 2.71. The van der Waals surface area contributed by atoms with Crippen molar-refractivity contribution in [3.63, 3.8) is 0 Å². The van der Waals surface area contributed by atoms with Gasteiger partial charge in [-0.15, -0.1) is 22.7 Å². The fraction of sp³-hybridized carbons (Fsp3) is 0.250. The van der Waals surface area contributed by atoms with E-state index in [1.165, 1.54) is 28.7 Å². The summed E-state index contributed by atoms with van der Waals surface area (Å²) in [7, 11) is 0. The number of aromatic nitrogens is 1. The normalized spacial score (nSPS) is 11.8. The second-order valence-corrected chi connectivity index (χ2v) is 5.92. The number of thiazole rings is 1. The maximum Gasteiger partial charge on any atom is 0.338 e. The average Bonchev–Trinajstić information content (AvgIpc) is 3.06. The first-order chi connectivity index (χ1) is 9.58. The van der Waals surface area contributed by atoms with Gasteiger partial charge in [0, 0.05) is 24.0 Å². The maximum atomic E-state index is 11.7.